The SMILES string of the molecule is COc1cccc([C@H](CCC(=O)O)C(=O)O)c1. The van der Waals surface area contributed by atoms with Crippen LogP contribution in [0.1, 0.15) is 24.3 Å². The summed E-state index contributed by atoms with van der Waals surface area (Å²) in [6.07, 6.45) is -0.105. The largest absolute Gasteiger partial charge is 0.497 e. The summed E-state index contributed by atoms with van der Waals surface area (Å²) in [5.74, 6) is -2.29. The number of hydrogen-bond acceptors (Lipinski definition) is 3. The molecule has 0 unspecified atom stereocenters. The van der Waals surface area contributed by atoms with Gasteiger partial charge in [0.15, 0.2) is 0 Å². The lowest BCUT2D eigenvalue weighted by Crippen LogP contribution is -2.13. The van der Waals surface area contributed by atoms with Gasteiger partial charge in [-0.05, 0) is 24.1 Å². The highest BCUT2D eigenvalue weighted by Crippen LogP contribution is 2.25. The third-order valence-corrected chi connectivity index (χ3v) is 2.44. The Kier molecular flexibility index (Phi) is 4.51. The molecule has 92 valence electrons. The summed E-state index contributed by atoms with van der Waals surface area (Å²) in [5, 5.41) is 17.6. The molecule has 1 atom stereocenters. The van der Waals surface area contributed by atoms with Crippen molar-refractivity contribution in [2.45, 2.75) is 18.8 Å². The molecule has 0 spiro atoms. The summed E-state index contributed by atoms with van der Waals surface area (Å²) in [6.45, 7) is 0. The van der Waals surface area contributed by atoms with Crippen molar-refractivity contribution in [3.8, 4) is 5.75 Å². The van der Waals surface area contributed by atoms with E-state index >= 15 is 0 Å². The fourth-order valence-electron chi connectivity index (χ4n) is 1.56. The molecule has 2 N–H and O–H groups in total. The van der Waals surface area contributed by atoms with E-state index in [1.807, 2.05) is 0 Å². The van der Waals surface area contributed by atoms with Crippen molar-refractivity contribution in [2.24, 2.45) is 0 Å². The van der Waals surface area contributed by atoms with Crippen LogP contribution in [0.3, 0.4) is 0 Å². The molecule has 1 rings (SSSR count). The average Bonchev–Trinajstić information content (AvgIpc) is 2.28. The minimum atomic E-state index is -1.03. The molecule has 0 aliphatic heterocycles. The maximum atomic E-state index is 11.1. The minimum absolute atomic E-state index is 0.0673. The third-order valence-electron chi connectivity index (χ3n) is 2.44. The van der Waals surface area contributed by atoms with E-state index < -0.39 is 17.9 Å². The average molecular weight is 238 g/mol. The lowest BCUT2D eigenvalue weighted by Gasteiger charge is -2.12. The van der Waals surface area contributed by atoms with Crippen LogP contribution in [-0.2, 0) is 9.59 Å². The van der Waals surface area contributed by atoms with Gasteiger partial charge in [-0.3, -0.25) is 9.59 Å². The fourth-order valence-corrected chi connectivity index (χ4v) is 1.56. The van der Waals surface area contributed by atoms with Crippen LogP contribution < -0.4 is 4.74 Å². The molecule has 0 aliphatic carbocycles. The van der Waals surface area contributed by atoms with Crippen LogP contribution in [-0.4, -0.2) is 29.3 Å². The van der Waals surface area contributed by atoms with Gasteiger partial charge in [-0.25, -0.2) is 0 Å². The summed E-state index contributed by atoms with van der Waals surface area (Å²) in [5.41, 5.74) is 0.554. The van der Waals surface area contributed by atoms with Gasteiger partial charge < -0.3 is 14.9 Å². The monoisotopic (exact) mass is 238 g/mol. The Hall–Kier alpha value is -2.04. The summed E-state index contributed by atoms with van der Waals surface area (Å²) in [4.78, 5) is 21.5. The lowest BCUT2D eigenvalue weighted by molar-refractivity contribution is -0.140. The number of aliphatic carboxylic acids is 2. The molecule has 0 heterocycles. The molecule has 0 radical (unpaired) electrons. The summed E-state index contributed by atoms with van der Waals surface area (Å²) < 4.78 is 5.00. The summed E-state index contributed by atoms with van der Waals surface area (Å²) in [7, 11) is 1.49. The van der Waals surface area contributed by atoms with Crippen molar-refractivity contribution in [1.82, 2.24) is 0 Å². The molecule has 5 nitrogen and oxygen atoms in total. The van der Waals surface area contributed by atoms with Crippen LogP contribution in [0.2, 0.25) is 0 Å². The number of carboxylic acids is 2. The number of hydrogen-bond donors (Lipinski definition) is 2. The quantitative estimate of drug-likeness (QED) is 0.788. The predicted octanol–water partition coefficient (Wildman–Crippen LogP) is 1.73. The molecule has 0 amide bonds. The molecule has 0 aliphatic rings. The molecule has 0 bridgehead atoms. The van der Waals surface area contributed by atoms with E-state index in [0.717, 1.165) is 0 Å². The smallest absolute Gasteiger partial charge is 0.310 e. The highest BCUT2D eigenvalue weighted by Gasteiger charge is 2.21. The molecule has 0 fully saturated rings. The van der Waals surface area contributed by atoms with Gasteiger partial charge in [0.2, 0.25) is 0 Å². The van der Waals surface area contributed by atoms with Crippen LogP contribution in [0.4, 0.5) is 0 Å². The molecule has 0 saturated carbocycles. The van der Waals surface area contributed by atoms with Gasteiger partial charge in [0.1, 0.15) is 5.75 Å². The number of carboxylic acid groups (broad SMARTS) is 2. The molecule has 0 aromatic heterocycles. The van der Waals surface area contributed by atoms with Crippen molar-refractivity contribution in [3.63, 3.8) is 0 Å². The Labute approximate surface area is 98.6 Å². The van der Waals surface area contributed by atoms with E-state index in [9.17, 15) is 9.59 Å². The lowest BCUT2D eigenvalue weighted by atomic mass is 9.94. The first-order chi connectivity index (χ1) is 8.04. The Bertz CT molecular complexity index is 413. The Morgan fingerprint density at radius 1 is 1.35 bits per heavy atom. The first kappa shape index (κ1) is 13.0. The first-order valence-corrected chi connectivity index (χ1v) is 5.13. The van der Waals surface area contributed by atoms with E-state index in [1.165, 1.54) is 7.11 Å². The molecule has 5 heteroatoms. The summed E-state index contributed by atoms with van der Waals surface area (Å²) in [6, 6.07) is 6.66. The van der Waals surface area contributed by atoms with Crippen LogP contribution in [0, 0.1) is 0 Å². The van der Waals surface area contributed by atoms with E-state index in [4.69, 9.17) is 14.9 Å². The van der Waals surface area contributed by atoms with Crippen molar-refractivity contribution < 1.29 is 24.5 Å². The molecule has 1 aromatic carbocycles. The second-order valence-corrected chi connectivity index (χ2v) is 3.60. The zero-order valence-electron chi connectivity index (χ0n) is 9.42. The fraction of sp³-hybridized carbons (Fsp3) is 0.333. The maximum absolute atomic E-state index is 11.1. The van der Waals surface area contributed by atoms with Crippen molar-refractivity contribution >= 4 is 11.9 Å². The first-order valence-electron chi connectivity index (χ1n) is 5.13. The molecule has 0 saturated heterocycles. The highest BCUT2D eigenvalue weighted by molar-refractivity contribution is 5.77. The highest BCUT2D eigenvalue weighted by atomic mass is 16.5. The summed E-state index contributed by atoms with van der Waals surface area (Å²) >= 11 is 0. The van der Waals surface area contributed by atoms with Gasteiger partial charge >= 0.3 is 11.9 Å². The second-order valence-electron chi connectivity index (χ2n) is 3.60. The van der Waals surface area contributed by atoms with Gasteiger partial charge in [0.05, 0.1) is 13.0 Å². The number of methoxy groups -OCH3 is 1. The zero-order chi connectivity index (χ0) is 12.8. The van der Waals surface area contributed by atoms with Gasteiger partial charge in [0.25, 0.3) is 0 Å². The predicted molar refractivity (Wildman–Crippen MR) is 60.2 cm³/mol. The Morgan fingerprint density at radius 3 is 2.59 bits per heavy atom. The number of ether oxygens (including phenoxy) is 1. The van der Waals surface area contributed by atoms with Crippen molar-refractivity contribution in [3.05, 3.63) is 29.8 Å². The van der Waals surface area contributed by atoms with E-state index in [1.54, 1.807) is 24.3 Å². The van der Waals surface area contributed by atoms with E-state index in [-0.39, 0.29) is 12.8 Å². The molecule has 17 heavy (non-hydrogen) atoms. The normalized spacial score (nSPS) is 11.8. The number of carbonyl (C=O) groups is 2. The van der Waals surface area contributed by atoms with Crippen LogP contribution in [0.15, 0.2) is 24.3 Å². The van der Waals surface area contributed by atoms with Crippen LogP contribution in [0.25, 0.3) is 0 Å². The van der Waals surface area contributed by atoms with Gasteiger partial charge in [-0.1, -0.05) is 12.1 Å². The molecular weight excluding hydrogens is 224 g/mol. The van der Waals surface area contributed by atoms with Crippen molar-refractivity contribution in [1.29, 1.82) is 0 Å². The molecule has 1 aromatic rings. The minimum Gasteiger partial charge on any atom is -0.497 e. The van der Waals surface area contributed by atoms with Gasteiger partial charge in [0, 0.05) is 6.42 Å². The van der Waals surface area contributed by atoms with E-state index in [0.29, 0.717) is 11.3 Å². The molecular formula is C12H14O5. The maximum Gasteiger partial charge on any atom is 0.310 e. The topological polar surface area (TPSA) is 83.8 Å². The van der Waals surface area contributed by atoms with Gasteiger partial charge in [-0.2, -0.15) is 0 Å². The van der Waals surface area contributed by atoms with Crippen LogP contribution >= 0.6 is 0 Å². The van der Waals surface area contributed by atoms with Crippen molar-refractivity contribution in [2.75, 3.05) is 7.11 Å². The third kappa shape index (κ3) is 3.79. The standard InChI is InChI=1S/C12H14O5/c1-17-9-4-2-3-8(7-9)10(12(15)16)5-6-11(13)14/h2-4,7,10H,5-6H2,1H3,(H,13,14)(H,15,16)/t10-/m0/s1. The van der Waals surface area contributed by atoms with Crippen LogP contribution in [0.5, 0.6) is 5.75 Å². The van der Waals surface area contributed by atoms with Gasteiger partial charge in [-0.15, -0.1) is 0 Å². The Balaban J connectivity index is 2.88. The number of rotatable bonds is 6. The second kappa shape index (κ2) is 5.89. The Morgan fingerprint density at radius 2 is 2.06 bits per heavy atom. The van der Waals surface area contributed by atoms with E-state index in [2.05, 4.69) is 0 Å². The number of benzene rings is 1. The zero-order valence-corrected chi connectivity index (χ0v) is 9.42.